The number of rotatable bonds is 4. The Balaban J connectivity index is 1.59. The topological polar surface area (TPSA) is 0 Å². The highest BCUT2D eigenvalue weighted by atomic mass is 28.3. The second-order valence-corrected chi connectivity index (χ2v) is 14.0. The molecular formula is C24H28Si. The molecule has 2 unspecified atom stereocenters. The van der Waals surface area contributed by atoms with Crippen LogP contribution in [0.5, 0.6) is 0 Å². The van der Waals surface area contributed by atoms with Crippen LogP contribution in [0.1, 0.15) is 53.5 Å². The quantitative estimate of drug-likeness (QED) is 0.522. The molecule has 2 aliphatic carbocycles. The van der Waals surface area contributed by atoms with Crippen LogP contribution < -0.4 is 0 Å². The molecule has 0 saturated carbocycles. The van der Waals surface area contributed by atoms with Crippen LogP contribution in [0.4, 0.5) is 0 Å². The van der Waals surface area contributed by atoms with Gasteiger partial charge in [0, 0.05) is 5.92 Å². The lowest BCUT2D eigenvalue weighted by Crippen LogP contribution is -2.28. The number of hydrogen-bond acceptors (Lipinski definition) is 0. The van der Waals surface area contributed by atoms with Gasteiger partial charge in [0.1, 0.15) is 0 Å². The number of fused-ring (bicyclic) bond motifs is 2. The highest BCUT2D eigenvalue weighted by Gasteiger charge is 2.33. The molecule has 0 N–H and O–H groups in total. The summed E-state index contributed by atoms with van der Waals surface area (Å²) in [4.78, 5) is 0. The van der Waals surface area contributed by atoms with Gasteiger partial charge in [0.25, 0.3) is 0 Å². The van der Waals surface area contributed by atoms with Crippen molar-refractivity contribution in [2.45, 2.75) is 50.9 Å². The van der Waals surface area contributed by atoms with Gasteiger partial charge in [-0.05, 0) is 51.8 Å². The Morgan fingerprint density at radius 2 is 1.24 bits per heavy atom. The predicted octanol–water partition coefficient (Wildman–Crippen LogP) is 7.03. The Labute approximate surface area is 153 Å². The summed E-state index contributed by atoms with van der Waals surface area (Å²) in [5.74, 6) is 0.561. The minimum absolute atomic E-state index is 0.561. The molecular weight excluding hydrogens is 316 g/mol. The first-order valence-corrected chi connectivity index (χ1v) is 13.1. The van der Waals surface area contributed by atoms with E-state index in [-0.39, 0.29) is 0 Å². The zero-order valence-corrected chi connectivity index (χ0v) is 16.8. The van der Waals surface area contributed by atoms with Crippen LogP contribution in [0.25, 0.3) is 11.1 Å². The zero-order valence-electron chi connectivity index (χ0n) is 15.8. The molecule has 2 aliphatic rings. The highest BCUT2D eigenvalue weighted by Crippen LogP contribution is 2.45. The highest BCUT2D eigenvalue weighted by molar-refractivity contribution is 6.78. The molecule has 0 heterocycles. The second-order valence-electron chi connectivity index (χ2n) is 8.69. The third-order valence-electron chi connectivity index (χ3n) is 5.85. The largest absolute Gasteiger partial charge is 0.0759 e. The van der Waals surface area contributed by atoms with Crippen molar-refractivity contribution in [2.75, 3.05) is 0 Å². The maximum atomic E-state index is 2.60. The molecule has 0 fully saturated rings. The van der Waals surface area contributed by atoms with Gasteiger partial charge < -0.3 is 0 Å². The molecule has 0 bridgehead atoms. The predicted molar refractivity (Wildman–Crippen MR) is 113 cm³/mol. The van der Waals surface area contributed by atoms with E-state index in [1.807, 2.05) is 0 Å². The molecule has 0 nitrogen and oxygen atoms in total. The molecule has 128 valence electrons. The molecule has 1 heteroatoms. The maximum absolute atomic E-state index is 2.60. The molecule has 2 aromatic rings. The van der Waals surface area contributed by atoms with Crippen LogP contribution in [0.3, 0.4) is 0 Å². The van der Waals surface area contributed by atoms with Crippen LogP contribution in [0.15, 0.2) is 60.7 Å². The molecule has 0 spiro atoms. The van der Waals surface area contributed by atoms with E-state index in [0.717, 1.165) is 12.8 Å². The molecule has 0 saturated heterocycles. The van der Waals surface area contributed by atoms with Crippen molar-refractivity contribution in [1.82, 2.24) is 0 Å². The first kappa shape index (κ1) is 16.6. The van der Waals surface area contributed by atoms with Gasteiger partial charge in [-0.15, -0.1) is 0 Å². The Bertz CT molecular complexity index is 864. The summed E-state index contributed by atoms with van der Waals surface area (Å²) in [7, 11) is -1.24. The molecule has 4 rings (SSSR count). The van der Waals surface area contributed by atoms with Gasteiger partial charge in [0.2, 0.25) is 0 Å². The minimum atomic E-state index is -1.24. The average Bonchev–Trinajstić information content (AvgIpc) is 3.12. The Kier molecular flexibility index (Phi) is 4.08. The van der Waals surface area contributed by atoms with Crippen molar-refractivity contribution in [1.29, 1.82) is 0 Å². The van der Waals surface area contributed by atoms with E-state index in [0.29, 0.717) is 11.5 Å². The minimum Gasteiger partial charge on any atom is -0.0759 e. The SMILES string of the molecule is CC1C=C(CCC2=CC([Si](C)(C)C)c3ccccc32)c2ccccc21. The van der Waals surface area contributed by atoms with Crippen molar-refractivity contribution >= 4 is 19.2 Å². The third-order valence-corrected chi connectivity index (χ3v) is 8.20. The first-order valence-electron chi connectivity index (χ1n) is 9.55. The number of benzene rings is 2. The molecule has 2 aromatic carbocycles. The summed E-state index contributed by atoms with van der Waals surface area (Å²) in [6, 6.07) is 18.0. The standard InChI is InChI=1S/C24H28Si/c1-17-15-18(21-10-6-5-9-20(17)21)13-14-19-16-24(25(2,3)4)23-12-8-7-11-22(19)23/h5-12,15-17,24H,13-14H2,1-4H3. The van der Waals surface area contributed by atoms with E-state index in [2.05, 4.69) is 87.2 Å². The van der Waals surface area contributed by atoms with Gasteiger partial charge in [-0.25, -0.2) is 0 Å². The summed E-state index contributed by atoms with van der Waals surface area (Å²) < 4.78 is 0. The Morgan fingerprint density at radius 1 is 0.720 bits per heavy atom. The van der Waals surface area contributed by atoms with Crippen LogP contribution >= 0.6 is 0 Å². The zero-order chi connectivity index (χ0) is 17.6. The van der Waals surface area contributed by atoms with E-state index in [9.17, 15) is 0 Å². The van der Waals surface area contributed by atoms with Crippen LogP contribution in [0, 0.1) is 0 Å². The monoisotopic (exact) mass is 344 g/mol. The van der Waals surface area contributed by atoms with Gasteiger partial charge in [0.05, 0.1) is 8.07 Å². The molecule has 0 amide bonds. The van der Waals surface area contributed by atoms with Crippen molar-refractivity contribution in [2.24, 2.45) is 0 Å². The fraction of sp³-hybridized carbons (Fsp3) is 0.333. The molecule has 0 radical (unpaired) electrons. The molecule has 0 aliphatic heterocycles. The molecule has 25 heavy (non-hydrogen) atoms. The van der Waals surface area contributed by atoms with Crippen molar-refractivity contribution in [3.8, 4) is 0 Å². The summed E-state index contributed by atoms with van der Waals surface area (Å²) in [5, 5.41) is 0. The molecule has 0 aromatic heterocycles. The third kappa shape index (κ3) is 2.95. The van der Waals surface area contributed by atoms with Gasteiger partial charge in [0.15, 0.2) is 0 Å². The summed E-state index contributed by atoms with van der Waals surface area (Å²) in [6.45, 7) is 9.79. The fourth-order valence-corrected chi connectivity index (χ4v) is 6.42. The average molecular weight is 345 g/mol. The van der Waals surface area contributed by atoms with Crippen molar-refractivity contribution < 1.29 is 0 Å². The Hall–Kier alpha value is -1.86. The van der Waals surface area contributed by atoms with Crippen molar-refractivity contribution in [3.05, 3.63) is 82.9 Å². The van der Waals surface area contributed by atoms with E-state index >= 15 is 0 Å². The second kappa shape index (κ2) is 6.14. The number of allylic oxidation sites excluding steroid dienone is 4. The smallest absolute Gasteiger partial charge is 0.0566 e. The number of hydrogen-bond donors (Lipinski definition) is 0. The normalized spacial score (nSPS) is 21.6. The van der Waals surface area contributed by atoms with Gasteiger partial charge in [-0.3, -0.25) is 0 Å². The van der Waals surface area contributed by atoms with Gasteiger partial charge in [-0.1, -0.05) is 87.2 Å². The molecule has 2 atom stereocenters. The van der Waals surface area contributed by atoms with E-state index < -0.39 is 8.07 Å². The van der Waals surface area contributed by atoms with Gasteiger partial charge in [-0.2, -0.15) is 0 Å². The van der Waals surface area contributed by atoms with Gasteiger partial charge >= 0.3 is 0 Å². The van der Waals surface area contributed by atoms with Crippen molar-refractivity contribution in [3.63, 3.8) is 0 Å². The lowest BCUT2D eigenvalue weighted by molar-refractivity contribution is 0.988. The summed E-state index contributed by atoms with van der Waals surface area (Å²) in [6.07, 6.45) is 7.38. The van der Waals surface area contributed by atoms with E-state index in [4.69, 9.17) is 0 Å². The first-order chi connectivity index (χ1) is 11.9. The van der Waals surface area contributed by atoms with Crippen LogP contribution in [0.2, 0.25) is 19.6 Å². The lowest BCUT2D eigenvalue weighted by Gasteiger charge is -2.24. The van der Waals surface area contributed by atoms with Crippen LogP contribution in [-0.4, -0.2) is 8.07 Å². The lowest BCUT2D eigenvalue weighted by atomic mass is 9.96. The summed E-state index contributed by atoms with van der Waals surface area (Å²) in [5.41, 5.74) is 9.84. The Morgan fingerprint density at radius 3 is 1.88 bits per heavy atom. The summed E-state index contributed by atoms with van der Waals surface area (Å²) >= 11 is 0. The van der Waals surface area contributed by atoms with E-state index in [1.54, 1.807) is 11.1 Å². The van der Waals surface area contributed by atoms with E-state index in [1.165, 1.54) is 22.3 Å². The maximum Gasteiger partial charge on any atom is 0.0566 e. The fourth-order valence-electron chi connectivity index (χ4n) is 4.53. The van der Waals surface area contributed by atoms with Crippen LogP contribution in [-0.2, 0) is 0 Å².